The summed E-state index contributed by atoms with van der Waals surface area (Å²) in [5, 5.41) is 7.40. The highest BCUT2D eigenvalue weighted by Crippen LogP contribution is 2.32. The molecule has 5 rings (SSSR count). The lowest BCUT2D eigenvalue weighted by molar-refractivity contribution is -0.134. The molecule has 170 valence electrons. The van der Waals surface area contributed by atoms with Crippen molar-refractivity contribution in [1.82, 2.24) is 15.1 Å². The van der Waals surface area contributed by atoms with E-state index in [9.17, 15) is 9.59 Å². The number of carbonyl (C=O) groups is 2. The van der Waals surface area contributed by atoms with Crippen molar-refractivity contribution < 1.29 is 14.3 Å². The van der Waals surface area contributed by atoms with Crippen molar-refractivity contribution in [2.24, 2.45) is 0 Å². The molecule has 2 aliphatic heterocycles. The van der Waals surface area contributed by atoms with Crippen LogP contribution in [0.3, 0.4) is 0 Å². The smallest absolute Gasteiger partial charge is 0.278 e. The van der Waals surface area contributed by atoms with Gasteiger partial charge in [0.15, 0.2) is 5.69 Å². The van der Waals surface area contributed by atoms with Gasteiger partial charge in [-0.05, 0) is 61.1 Å². The quantitative estimate of drug-likeness (QED) is 0.647. The van der Waals surface area contributed by atoms with Gasteiger partial charge in [0.05, 0.1) is 25.3 Å². The van der Waals surface area contributed by atoms with Crippen LogP contribution in [0.1, 0.15) is 52.6 Å². The van der Waals surface area contributed by atoms with Gasteiger partial charge in [-0.3, -0.25) is 14.7 Å². The van der Waals surface area contributed by atoms with Gasteiger partial charge >= 0.3 is 0 Å². The number of amides is 2. The van der Waals surface area contributed by atoms with E-state index in [1.807, 2.05) is 53.4 Å². The first kappa shape index (κ1) is 21.2. The third kappa shape index (κ3) is 4.23. The van der Waals surface area contributed by atoms with Crippen molar-refractivity contribution in [3.05, 3.63) is 77.1 Å². The molecule has 33 heavy (non-hydrogen) atoms. The van der Waals surface area contributed by atoms with Gasteiger partial charge in [0.1, 0.15) is 5.75 Å². The van der Waals surface area contributed by atoms with E-state index < -0.39 is 0 Å². The summed E-state index contributed by atoms with van der Waals surface area (Å²) in [5.74, 6) is 0.757. The van der Waals surface area contributed by atoms with Crippen LogP contribution in [0, 0.1) is 0 Å². The molecule has 1 N–H and O–H groups in total. The summed E-state index contributed by atoms with van der Waals surface area (Å²) in [7, 11) is 1.63. The Hall–Kier alpha value is -3.61. The highest BCUT2D eigenvalue weighted by molar-refractivity contribution is 6.06. The first-order valence-electron chi connectivity index (χ1n) is 11.5. The minimum atomic E-state index is -0.102. The Balaban J connectivity index is 1.32. The first-order valence-corrected chi connectivity index (χ1v) is 11.5. The third-order valence-electron chi connectivity index (χ3n) is 6.65. The molecule has 2 aliphatic rings. The zero-order valence-electron chi connectivity index (χ0n) is 18.8. The number of para-hydroxylation sites is 1. The Morgan fingerprint density at radius 3 is 2.73 bits per heavy atom. The monoisotopic (exact) mass is 444 g/mol. The Kier molecular flexibility index (Phi) is 5.86. The van der Waals surface area contributed by atoms with Crippen LogP contribution in [0.4, 0.5) is 5.69 Å². The average Bonchev–Trinajstić information content (AvgIpc) is 3.52. The van der Waals surface area contributed by atoms with Crippen molar-refractivity contribution in [3.8, 4) is 5.75 Å². The Bertz CT molecular complexity index is 1150. The molecule has 1 unspecified atom stereocenters. The highest BCUT2D eigenvalue weighted by atomic mass is 16.5. The molecular formula is C26H28N4O3. The molecule has 7 nitrogen and oxygen atoms in total. The molecule has 1 fully saturated rings. The molecule has 1 atom stereocenters. The second kappa shape index (κ2) is 9.10. The average molecular weight is 445 g/mol. The number of hydrogen-bond acceptors (Lipinski definition) is 4. The minimum absolute atomic E-state index is 0.0841. The third-order valence-corrected chi connectivity index (χ3v) is 6.65. The maximum absolute atomic E-state index is 13.2. The second-order valence-electron chi connectivity index (χ2n) is 8.67. The maximum atomic E-state index is 13.2. The number of fused-ring (bicyclic) bond motifs is 1. The number of ether oxygens (including phenoxy) is 1. The van der Waals surface area contributed by atoms with Crippen LogP contribution in [0.25, 0.3) is 0 Å². The summed E-state index contributed by atoms with van der Waals surface area (Å²) < 4.78 is 5.21. The van der Waals surface area contributed by atoms with Gasteiger partial charge in [0.25, 0.3) is 5.91 Å². The second-order valence-corrected chi connectivity index (χ2v) is 8.67. The van der Waals surface area contributed by atoms with Crippen LogP contribution < -0.4 is 9.64 Å². The Morgan fingerprint density at radius 2 is 1.91 bits per heavy atom. The van der Waals surface area contributed by atoms with Crippen LogP contribution in [-0.4, -0.2) is 47.1 Å². The predicted octanol–water partition coefficient (Wildman–Crippen LogP) is 3.92. The summed E-state index contributed by atoms with van der Waals surface area (Å²) in [5.41, 5.74) is 4.33. The summed E-state index contributed by atoms with van der Waals surface area (Å²) in [6.07, 6.45) is 4.07. The summed E-state index contributed by atoms with van der Waals surface area (Å²) in [6.45, 7) is 1.37. The largest absolute Gasteiger partial charge is 0.497 e. The molecule has 3 aromatic rings. The van der Waals surface area contributed by atoms with E-state index >= 15 is 0 Å². The number of rotatable bonds is 5. The van der Waals surface area contributed by atoms with Crippen LogP contribution in [0.15, 0.2) is 54.6 Å². The number of nitrogens with one attached hydrogen (secondary N) is 1. The standard InChI is InChI=1S/C26H28N4O3/c1-33-20-11-9-18(10-12-20)16-25(31)29-14-5-4-8-24(29)21-17-22(28-27-21)26(32)30-15-13-19-6-2-3-7-23(19)30/h2-3,6-7,9-12,17,24H,4-5,8,13-16H2,1H3,(H,27,28). The fraction of sp³-hybridized carbons (Fsp3) is 0.346. The zero-order valence-corrected chi connectivity index (χ0v) is 18.8. The number of carbonyl (C=O) groups excluding carboxylic acids is 2. The number of nitrogens with zero attached hydrogens (tertiary/aromatic N) is 3. The number of benzene rings is 2. The lowest BCUT2D eigenvalue weighted by Gasteiger charge is -2.35. The fourth-order valence-corrected chi connectivity index (χ4v) is 4.88. The molecule has 7 heteroatoms. The lowest BCUT2D eigenvalue weighted by atomic mass is 9.98. The van der Waals surface area contributed by atoms with Crippen LogP contribution in [-0.2, 0) is 17.6 Å². The first-order chi connectivity index (χ1) is 16.1. The van der Waals surface area contributed by atoms with Crippen molar-refractivity contribution in [2.75, 3.05) is 25.1 Å². The number of aromatic nitrogens is 2. The summed E-state index contributed by atoms with van der Waals surface area (Å²) >= 11 is 0. The number of methoxy groups -OCH3 is 1. The molecule has 0 radical (unpaired) electrons. The molecule has 1 saturated heterocycles. The van der Waals surface area contributed by atoms with Gasteiger partial charge in [-0.1, -0.05) is 30.3 Å². The minimum Gasteiger partial charge on any atom is -0.497 e. The summed E-state index contributed by atoms with van der Waals surface area (Å²) in [6, 6.07) is 17.3. The van der Waals surface area contributed by atoms with E-state index in [2.05, 4.69) is 16.3 Å². The molecule has 0 aliphatic carbocycles. The van der Waals surface area contributed by atoms with Gasteiger partial charge in [0, 0.05) is 18.8 Å². The van der Waals surface area contributed by atoms with Gasteiger partial charge in [0.2, 0.25) is 5.91 Å². The fourth-order valence-electron chi connectivity index (χ4n) is 4.88. The topological polar surface area (TPSA) is 78.5 Å². The van der Waals surface area contributed by atoms with Crippen LogP contribution >= 0.6 is 0 Å². The SMILES string of the molecule is COc1ccc(CC(=O)N2CCCCC2c2cc(C(=O)N3CCc4ccccc43)n[nH]2)cc1. The van der Waals surface area contributed by atoms with E-state index in [1.165, 1.54) is 5.56 Å². The lowest BCUT2D eigenvalue weighted by Crippen LogP contribution is -2.39. The number of aromatic amines is 1. The van der Waals surface area contributed by atoms with Gasteiger partial charge in [-0.15, -0.1) is 0 Å². The van der Waals surface area contributed by atoms with Gasteiger partial charge < -0.3 is 14.5 Å². The Morgan fingerprint density at radius 1 is 1.09 bits per heavy atom. The van der Waals surface area contributed by atoms with Crippen molar-refractivity contribution in [2.45, 2.75) is 38.1 Å². The molecule has 2 aromatic carbocycles. The highest BCUT2D eigenvalue weighted by Gasteiger charge is 2.31. The number of likely N-dealkylation sites (tertiary alicyclic amines) is 1. The number of anilines is 1. The normalized spacial score (nSPS) is 17.7. The number of piperidine rings is 1. The molecule has 0 bridgehead atoms. The van der Waals surface area contributed by atoms with Crippen molar-refractivity contribution >= 4 is 17.5 Å². The van der Waals surface area contributed by atoms with Crippen LogP contribution in [0.5, 0.6) is 5.75 Å². The predicted molar refractivity (Wildman–Crippen MR) is 125 cm³/mol. The van der Waals surface area contributed by atoms with Gasteiger partial charge in [-0.2, -0.15) is 5.10 Å². The molecule has 1 aromatic heterocycles. The van der Waals surface area contributed by atoms with Crippen LogP contribution in [0.2, 0.25) is 0 Å². The number of hydrogen-bond donors (Lipinski definition) is 1. The van der Waals surface area contributed by atoms with Crippen molar-refractivity contribution in [3.63, 3.8) is 0 Å². The van der Waals surface area contributed by atoms with E-state index in [-0.39, 0.29) is 17.9 Å². The molecule has 0 spiro atoms. The molecule has 0 saturated carbocycles. The van der Waals surface area contributed by atoms with Crippen molar-refractivity contribution in [1.29, 1.82) is 0 Å². The molecular weight excluding hydrogens is 416 g/mol. The van der Waals surface area contributed by atoms with E-state index in [1.54, 1.807) is 12.0 Å². The van der Waals surface area contributed by atoms with Gasteiger partial charge in [-0.25, -0.2) is 0 Å². The molecule has 2 amide bonds. The van der Waals surface area contributed by atoms with E-state index in [0.29, 0.717) is 25.2 Å². The van der Waals surface area contributed by atoms with E-state index in [0.717, 1.165) is 48.4 Å². The summed E-state index contributed by atoms with van der Waals surface area (Å²) in [4.78, 5) is 30.1. The molecule has 3 heterocycles. The maximum Gasteiger partial charge on any atom is 0.278 e. The number of H-pyrrole nitrogens is 1. The van der Waals surface area contributed by atoms with E-state index in [4.69, 9.17) is 4.74 Å². The Labute approximate surface area is 193 Å². The zero-order chi connectivity index (χ0) is 22.8.